The average molecular weight is 485 g/mol. The van der Waals surface area contributed by atoms with Gasteiger partial charge < -0.3 is 4.57 Å². The number of halogens is 1. The standard InChI is InChI=1S/C26H21BrN4O/c1-17(2)25-29-24-12-10-20(27)15-23(24)26(32)31(25)28-16-22-8-5-13-30(22)21-11-9-18-6-3-4-7-19(18)14-21/h3-17H,1-2H3. The predicted molar refractivity (Wildman–Crippen MR) is 134 cm³/mol. The molecule has 0 aliphatic heterocycles. The first kappa shape index (κ1) is 20.4. The highest BCUT2D eigenvalue weighted by molar-refractivity contribution is 9.10. The molecule has 0 fully saturated rings. The van der Waals surface area contributed by atoms with Crippen LogP contribution in [0.2, 0.25) is 0 Å². The van der Waals surface area contributed by atoms with E-state index in [-0.39, 0.29) is 11.5 Å². The number of aromatic nitrogens is 3. The van der Waals surface area contributed by atoms with Crippen molar-refractivity contribution in [3.8, 4) is 5.69 Å². The van der Waals surface area contributed by atoms with Gasteiger partial charge in [0.05, 0.1) is 22.8 Å². The van der Waals surface area contributed by atoms with Crippen molar-refractivity contribution in [1.29, 1.82) is 0 Å². The fourth-order valence-electron chi connectivity index (χ4n) is 3.83. The van der Waals surface area contributed by atoms with Gasteiger partial charge in [0.25, 0.3) is 5.56 Å². The third-order valence-electron chi connectivity index (χ3n) is 5.45. The Balaban J connectivity index is 1.61. The van der Waals surface area contributed by atoms with E-state index < -0.39 is 0 Å². The van der Waals surface area contributed by atoms with Crippen LogP contribution in [0.5, 0.6) is 0 Å². The number of rotatable bonds is 4. The van der Waals surface area contributed by atoms with Crippen LogP contribution in [-0.2, 0) is 0 Å². The molecule has 32 heavy (non-hydrogen) atoms. The van der Waals surface area contributed by atoms with Crippen LogP contribution in [0.25, 0.3) is 27.4 Å². The molecule has 158 valence electrons. The van der Waals surface area contributed by atoms with Crippen molar-refractivity contribution < 1.29 is 0 Å². The second-order valence-corrected chi connectivity index (χ2v) is 8.90. The number of hydrogen-bond donors (Lipinski definition) is 0. The quantitative estimate of drug-likeness (QED) is 0.289. The van der Waals surface area contributed by atoms with E-state index in [1.54, 1.807) is 12.3 Å². The van der Waals surface area contributed by atoms with Crippen LogP contribution in [0.15, 0.2) is 93.4 Å². The summed E-state index contributed by atoms with van der Waals surface area (Å²) in [5.74, 6) is 0.671. The Bertz CT molecular complexity index is 1550. The van der Waals surface area contributed by atoms with Crippen LogP contribution in [0.4, 0.5) is 0 Å². The lowest BCUT2D eigenvalue weighted by Crippen LogP contribution is -2.23. The Morgan fingerprint density at radius 1 is 0.969 bits per heavy atom. The zero-order valence-electron chi connectivity index (χ0n) is 17.7. The SMILES string of the molecule is CC(C)c1nc2ccc(Br)cc2c(=O)n1N=Cc1cccn1-c1ccc2ccccc2c1. The molecule has 5 rings (SSSR count). The van der Waals surface area contributed by atoms with Gasteiger partial charge in [0.2, 0.25) is 0 Å². The van der Waals surface area contributed by atoms with Gasteiger partial charge >= 0.3 is 0 Å². The zero-order chi connectivity index (χ0) is 22.2. The molecule has 6 heteroatoms. The summed E-state index contributed by atoms with van der Waals surface area (Å²) in [4.78, 5) is 18.0. The number of benzene rings is 3. The topological polar surface area (TPSA) is 52.2 Å². The normalized spacial score (nSPS) is 11.9. The van der Waals surface area contributed by atoms with E-state index in [1.165, 1.54) is 15.4 Å². The van der Waals surface area contributed by atoms with E-state index in [1.807, 2.05) is 56.4 Å². The molecule has 0 aliphatic carbocycles. The van der Waals surface area contributed by atoms with E-state index >= 15 is 0 Å². The van der Waals surface area contributed by atoms with Gasteiger partial charge in [-0.05, 0) is 53.2 Å². The van der Waals surface area contributed by atoms with Crippen LogP contribution in [0, 0.1) is 0 Å². The highest BCUT2D eigenvalue weighted by atomic mass is 79.9. The van der Waals surface area contributed by atoms with Gasteiger partial charge in [0.1, 0.15) is 5.82 Å². The molecule has 0 amide bonds. The van der Waals surface area contributed by atoms with Crippen LogP contribution < -0.4 is 5.56 Å². The fourth-order valence-corrected chi connectivity index (χ4v) is 4.19. The molecular weight excluding hydrogens is 464 g/mol. The van der Waals surface area contributed by atoms with Crippen LogP contribution in [0.3, 0.4) is 0 Å². The molecule has 0 unspecified atom stereocenters. The Hall–Kier alpha value is -3.51. The Kier molecular flexibility index (Phi) is 5.23. The third kappa shape index (κ3) is 3.67. The average Bonchev–Trinajstić information content (AvgIpc) is 3.27. The first-order valence-corrected chi connectivity index (χ1v) is 11.2. The second-order valence-electron chi connectivity index (χ2n) is 7.98. The van der Waals surface area contributed by atoms with E-state index in [0.29, 0.717) is 16.7 Å². The summed E-state index contributed by atoms with van der Waals surface area (Å²) in [6.07, 6.45) is 3.71. The van der Waals surface area contributed by atoms with Crippen molar-refractivity contribution in [3.05, 3.63) is 105 Å². The number of hydrogen-bond acceptors (Lipinski definition) is 3. The van der Waals surface area contributed by atoms with E-state index in [2.05, 4.69) is 55.9 Å². The molecule has 0 aliphatic rings. The van der Waals surface area contributed by atoms with Crippen molar-refractivity contribution in [3.63, 3.8) is 0 Å². The number of fused-ring (bicyclic) bond motifs is 2. The van der Waals surface area contributed by atoms with Crippen molar-refractivity contribution >= 4 is 43.8 Å². The molecule has 0 saturated heterocycles. The monoisotopic (exact) mass is 484 g/mol. The molecule has 0 atom stereocenters. The van der Waals surface area contributed by atoms with Gasteiger partial charge in [-0.15, -0.1) is 0 Å². The van der Waals surface area contributed by atoms with Gasteiger partial charge in [-0.25, -0.2) is 4.98 Å². The lowest BCUT2D eigenvalue weighted by Gasteiger charge is -2.12. The van der Waals surface area contributed by atoms with Crippen LogP contribution in [-0.4, -0.2) is 20.4 Å². The maximum atomic E-state index is 13.2. The van der Waals surface area contributed by atoms with Crippen LogP contribution >= 0.6 is 15.9 Å². The Labute approximate surface area is 193 Å². The molecule has 5 aromatic rings. The highest BCUT2D eigenvalue weighted by Gasteiger charge is 2.14. The molecule has 2 aromatic heterocycles. The first-order valence-electron chi connectivity index (χ1n) is 10.4. The van der Waals surface area contributed by atoms with Gasteiger partial charge in [-0.1, -0.05) is 60.1 Å². The van der Waals surface area contributed by atoms with E-state index in [4.69, 9.17) is 4.98 Å². The molecule has 3 aromatic carbocycles. The summed E-state index contributed by atoms with van der Waals surface area (Å²) < 4.78 is 4.31. The molecule has 0 bridgehead atoms. The Morgan fingerprint density at radius 3 is 2.59 bits per heavy atom. The van der Waals surface area contributed by atoms with E-state index in [0.717, 1.165) is 15.9 Å². The third-order valence-corrected chi connectivity index (χ3v) is 5.94. The molecular formula is C26H21BrN4O. The van der Waals surface area contributed by atoms with Gasteiger partial charge in [0, 0.05) is 22.3 Å². The second kappa shape index (κ2) is 8.20. The van der Waals surface area contributed by atoms with Crippen LogP contribution in [0.1, 0.15) is 31.3 Å². The van der Waals surface area contributed by atoms with Crippen molar-refractivity contribution in [2.24, 2.45) is 5.10 Å². The predicted octanol–water partition coefficient (Wildman–Crippen LogP) is 6.11. The molecule has 5 nitrogen and oxygen atoms in total. The summed E-state index contributed by atoms with van der Waals surface area (Å²) in [6.45, 7) is 4.02. The minimum absolute atomic E-state index is 0.0418. The fraction of sp³-hybridized carbons (Fsp3) is 0.115. The maximum absolute atomic E-state index is 13.2. The van der Waals surface area contributed by atoms with Crippen molar-refractivity contribution in [2.75, 3.05) is 0 Å². The van der Waals surface area contributed by atoms with Gasteiger partial charge in [-0.2, -0.15) is 9.78 Å². The summed E-state index contributed by atoms with van der Waals surface area (Å²) in [6, 6.07) is 24.1. The lowest BCUT2D eigenvalue weighted by molar-refractivity contribution is 0.665. The summed E-state index contributed by atoms with van der Waals surface area (Å²) in [5, 5.41) is 7.48. The molecule has 0 spiro atoms. The van der Waals surface area contributed by atoms with E-state index in [9.17, 15) is 4.79 Å². The minimum Gasteiger partial charge on any atom is -0.316 e. The lowest BCUT2D eigenvalue weighted by atomic mass is 10.1. The minimum atomic E-state index is -0.180. The summed E-state index contributed by atoms with van der Waals surface area (Å²) >= 11 is 3.44. The zero-order valence-corrected chi connectivity index (χ0v) is 19.3. The molecule has 0 N–H and O–H groups in total. The molecule has 0 radical (unpaired) electrons. The van der Waals surface area contributed by atoms with Crippen molar-refractivity contribution in [2.45, 2.75) is 19.8 Å². The smallest absolute Gasteiger partial charge is 0.282 e. The summed E-state index contributed by atoms with van der Waals surface area (Å²) in [5.41, 5.74) is 2.40. The van der Waals surface area contributed by atoms with Crippen molar-refractivity contribution in [1.82, 2.24) is 14.2 Å². The highest BCUT2D eigenvalue weighted by Crippen LogP contribution is 2.21. The van der Waals surface area contributed by atoms with Gasteiger partial charge in [0.15, 0.2) is 0 Å². The Morgan fingerprint density at radius 2 is 1.78 bits per heavy atom. The maximum Gasteiger partial charge on any atom is 0.282 e. The largest absolute Gasteiger partial charge is 0.316 e. The van der Waals surface area contributed by atoms with Gasteiger partial charge in [-0.3, -0.25) is 4.79 Å². The molecule has 2 heterocycles. The molecule has 0 saturated carbocycles. The summed E-state index contributed by atoms with van der Waals surface area (Å²) in [7, 11) is 0. The first-order chi connectivity index (χ1) is 15.5. The number of nitrogens with zero attached hydrogens (tertiary/aromatic N) is 4.